The lowest BCUT2D eigenvalue weighted by molar-refractivity contribution is -0.129. The number of sulfonamides is 1. The SMILES string of the molecule is Cc1c(Cl)cccc1S(=O)(=O)NC[C@H]1CC(=O)N(C2CCCC2)C1. The van der Waals surface area contributed by atoms with Crippen LogP contribution in [0.4, 0.5) is 0 Å². The third kappa shape index (κ3) is 3.60. The van der Waals surface area contributed by atoms with Crippen molar-refractivity contribution in [2.45, 2.75) is 50.0 Å². The third-order valence-electron chi connectivity index (χ3n) is 5.07. The topological polar surface area (TPSA) is 66.5 Å². The number of likely N-dealkylation sites (tertiary alicyclic amines) is 1. The van der Waals surface area contributed by atoms with Crippen molar-refractivity contribution < 1.29 is 13.2 Å². The monoisotopic (exact) mass is 370 g/mol. The van der Waals surface area contributed by atoms with Gasteiger partial charge in [-0.1, -0.05) is 30.5 Å². The quantitative estimate of drug-likeness (QED) is 0.866. The number of halogens is 1. The highest BCUT2D eigenvalue weighted by molar-refractivity contribution is 7.89. The van der Waals surface area contributed by atoms with Gasteiger partial charge in [0.25, 0.3) is 0 Å². The van der Waals surface area contributed by atoms with Gasteiger partial charge in [0.1, 0.15) is 0 Å². The second-order valence-corrected chi connectivity index (χ2v) is 8.91. The molecule has 1 N–H and O–H groups in total. The van der Waals surface area contributed by atoms with Gasteiger partial charge in [0.2, 0.25) is 15.9 Å². The lowest BCUT2D eigenvalue weighted by atomic mass is 10.1. The first-order chi connectivity index (χ1) is 11.4. The van der Waals surface area contributed by atoms with Crippen molar-refractivity contribution in [2.75, 3.05) is 13.1 Å². The maximum Gasteiger partial charge on any atom is 0.240 e. The smallest absolute Gasteiger partial charge is 0.240 e. The van der Waals surface area contributed by atoms with Gasteiger partial charge in [0.05, 0.1) is 4.90 Å². The molecule has 1 amide bonds. The van der Waals surface area contributed by atoms with Crippen LogP contribution in [0.2, 0.25) is 5.02 Å². The molecule has 1 heterocycles. The number of benzene rings is 1. The van der Waals surface area contributed by atoms with Gasteiger partial charge >= 0.3 is 0 Å². The van der Waals surface area contributed by atoms with Crippen LogP contribution in [0.1, 0.15) is 37.7 Å². The van der Waals surface area contributed by atoms with Crippen LogP contribution < -0.4 is 4.72 Å². The van der Waals surface area contributed by atoms with Gasteiger partial charge in [-0.25, -0.2) is 13.1 Å². The summed E-state index contributed by atoms with van der Waals surface area (Å²) in [6, 6.07) is 5.21. The van der Waals surface area contributed by atoms with E-state index in [2.05, 4.69) is 4.72 Å². The molecule has 1 atom stereocenters. The molecular formula is C17H23ClN2O3S. The summed E-state index contributed by atoms with van der Waals surface area (Å²) in [5.41, 5.74) is 0.543. The zero-order chi connectivity index (χ0) is 17.3. The summed E-state index contributed by atoms with van der Waals surface area (Å²) in [4.78, 5) is 14.4. The Morgan fingerprint density at radius 2 is 2.00 bits per heavy atom. The van der Waals surface area contributed by atoms with E-state index in [1.54, 1.807) is 25.1 Å². The Morgan fingerprint density at radius 1 is 1.29 bits per heavy atom. The maximum absolute atomic E-state index is 12.5. The van der Waals surface area contributed by atoms with Gasteiger partial charge in [0, 0.05) is 30.6 Å². The summed E-state index contributed by atoms with van der Waals surface area (Å²) in [7, 11) is -3.62. The minimum Gasteiger partial charge on any atom is -0.339 e. The molecule has 0 bridgehead atoms. The lowest BCUT2D eigenvalue weighted by Gasteiger charge is -2.24. The van der Waals surface area contributed by atoms with Gasteiger partial charge in [-0.3, -0.25) is 4.79 Å². The highest BCUT2D eigenvalue weighted by atomic mass is 35.5. The molecule has 132 valence electrons. The number of nitrogens with one attached hydrogen (secondary N) is 1. The van der Waals surface area contributed by atoms with Gasteiger partial charge in [-0.05, 0) is 43.4 Å². The zero-order valence-corrected chi connectivity index (χ0v) is 15.4. The minimum atomic E-state index is -3.62. The van der Waals surface area contributed by atoms with Crippen LogP contribution in [-0.4, -0.2) is 38.4 Å². The molecule has 0 unspecified atom stereocenters. The Bertz CT molecular complexity index is 729. The fourth-order valence-electron chi connectivity index (χ4n) is 3.70. The van der Waals surface area contributed by atoms with E-state index in [-0.39, 0.29) is 23.3 Å². The lowest BCUT2D eigenvalue weighted by Crippen LogP contribution is -2.36. The van der Waals surface area contributed by atoms with Crippen molar-refractivity contribution in [1.29, 1.82) is 0 Å². The van der Waals surface area contributed by atoms with Crippen LogP contribution in [0.15, 0.2) is 23.1 Å². The molecule has 1 aliphatic carbocycles. The molecule has 1 aliphatic heterocycles. The first kappa shape index (κ1) is 17.7. The third-order valence-corrected chi connectivity index (χ3v) is 7.05. The summed E-state index contributed by atoms with van der Waals surface area (Å²) in [5, 5.41) is 0.432. The second-order valence-electron chi connectivity index (χ2n) is 6.77. The van der Waals surface area contributed by atoms with Crippen molar-refractivity contribution in [1.82, 2.24) is 9.62 Å². The van der Waals surface area contributed by atoms with E-state index in [1.807, 2.05) is 4.90 Å². The maximum atomic E-state index is 12.5. The number of hydrogen-bond donors (Lipinski definition) is 1. The van der Waals surface area contributed by atoms with Crippen molar-refractivity contribution >= 4 is 27.5 Å². The van der Waals surface area contributed by atoms with Crippen LogP contribution in [0.5, 0.6) is 0 Å². The molecule has 1 saturated heterocycles. The van der Waals surface area contributed by atoms with E-state index in [1.165, 1.54) is 12.8 Å². The second kappa shape index (κ2) is 7.02. The molecule has 5 nitrogen and oxygen atoms in total. The van der Waals surface area contributed by atoms with E-state index in [4.69, 9.17) is 11.6 Å². The van der Waals surface area contributed by atoms with Crippen molar-refractivity contribution in [3.8, 4) is 0 Å². The number of hydrogen-bond acceptors (Lipinski definition) is 3. The number of nitrogens with zero attached hydrogens (tertiary/aromatic N) is 1. The van der Waals surface area contributed by atoms with Gasteiger partial charge in [0.15, 0.2) is 0 Å². The molecule has 7 heteroatoms. The largest absolute Gasteiger partial charge is 0.339 e. The molecular weight excluding hydrogens is 348 g/mol. The number of carbonyl (C=O) groups is 1. The summed E-state index contributed by atoms with van der Waals surface area (Å²) >= 11 is 6.01. The minimum absolute atomic E-state index is 0.0346. The molecule has 1 saturated carbocycles. The fourth-order valence-corrected chi connectivity index (χ4v) is 5.31. The van der Waals surface area contributed by atoms with Crippen LogP contribution in [0.3, 0.4) is 0 Å². The molecule has 1 aromatic rings. The fraction of sp³-hybridized carbons (Fsp3) is 0.588. The summed E-state index contributed by atoms with van der Waals surface area (Å²) in [6.07, 6.45) is 4.94. The van der Waals surface area contributed by atoms with E-state index >= 15 is 0 Å². The van der Waals surface area contributed by atoms with Crippen LogP contribution in [0.25, 0.3) is 0 Å². The zero-order valence-electron chi connectivity index (χ0n) is 13.8. The average molecular weight is 371 g/mol. The summed E-state index contributed by atoms with van der Waals surface area (Å²) < 4.78 is 27.7. The van der Waals surface area contributed by atoms with Crippen molar-refractivity contribution in [2.24, 2.45) is 5.92 Å². The van der Waals surface area contributed by atoms with E-state index in [9.17, 15) is 13.2 Å². The van der Waals surface area contributed by atoms with Crippen molar-refractivity contribution in [3.05, 3.63) is 28.8 Å². The number of carbonyl (C=O) groups excluding carboxylic acids is 1. The molecule has 1 aromatic carbocycles. The van der Waals surface area contributed by atoms with Crippen molar-refractivity contribution in [3.63, 3.8) is 0 Å². The number of rotatable bonds is 5. The average Bonchev–Trinajstić information content (AvgIpc) is 3.17. The van der Waals surface area contributed by atoms with Gasteiger partial charge < -0.3 is 4.90 Å². The molecule has 3 rings (SSSR count). The van der Waals surface area contributed by atoms with E-state index in [0.29, 0.717) is 29.6 Å². The van der Waals surface area contributed by atoms with Crippen LogP contribution in [0, 0.1) is 12.8 Å². The Hall–Kier alpha value is -1.11. The molecule has 0 aromatic heterocycles. The Kier molecular flexibility index (Phi) is 5.18. The molecule has 24 heavy (non-hydrogen) atoms. The summed E-state index contributed by atoms with van der Waals surface area (Å²) in [5.74, 6) is 0.192. The normalized spacial score (nSPS) is 22.5. The van der Waals surface area contributed by atoms with E-state index in [0.717, 1.165) is 12.8 Å². The first-order valence-electron chi connectivity index (χ1n) is 8.43. The highest BCUT2D eigenvalue weighted by Gasteiger charge is 2.35. The van der Waals surface area contributed by atoms with Crippen LogP contribution in [-0.2, 0) is 14.8 Å². The highest BCUT2D eigenvalue weighted by Crippen LogP contribution is 2.29. The van der Waals surface area contributed by atoms with Gasteiger partial charge in [-0.2, -0.15) is 0 Å². The van der Waals surface area contributed by atoms with Crippen LogP contribution >= 0.6 is 11.6 Å². The molecule has 0 radical (unpaired) electrons. The summed E-state index contributed by atoms with van der Waals surface area (Å²) in [6.45, 7) is 2.63. The first-order valence-corrected chi connectivity index (χ1v) is 10.3. The number of amides is 1. The molecule has 2 aliphatic rings. The van der Waals surface area contributed by atoms with E-state index < -0.39 is 10.0 Å². The predicted octanol–water partition coefficient (Wildman–Crippen LogP) is 2.72. The Balaban J connectivity index is 1.63. The van der Waals surface area contributed by atoms with Gasteiger partial charge in [-0.15, -0.1) is 0 Å². The standard InChI is InChI=1S/C17H23ClN2O3S/c1-12-15(18)7-4-8-16(12)24(22,23)19-10-13-9-17(21)20(11-13)14-5-2-3-6-14/h4,7-8,13-14,19H,2-3,5-6,9-11H2,1H3/t13-/m1/s1. The predicted molar refractivity (Wildman–Crippen MR) is 93.5 cm³/mol. The Morgan fingerprint density at radius 3 is 2.71 bits per heavy atom. The Labute approximate surface area is 148 Å². The molecule has 0 spiro atoms. The molecule has 2 fully saturated rings.